The minimum Gasteiger partial charge on any atom is -0.480 e. The van der Waals surface area contributed by atoms with E-state index >= 15 is 0 Å². The summed E-state index contributed by atoms with van der Waals surface area (Å²) in [7, 11) is 0. The number of rotatable bonds is 5. The molecular weight excluding hydrogens is 321 g/mol. The van der Waals surface area contributed by atoms with E-state index in [1.165, 1.54) is 24.3 Å². The highest BCUT2D eigenvalue weighted by atomic mass is 19.1. The number of carbonyl (C=O) groups is 2. The molecule has 4 nitrogen and oxygen atoms in total. The molecular formula is C20H16FNO3. The van der Waals surface area contributed by atoms with Gasteiger partial charge in [-0.15, -0.1) is 0 Å². The molecule has 3 aromatic rings. The Bertz CT molecular complexity index is 922. The van der Waals surface area contributed by atoms with Crippen LogP contribution < -0.4 is 10.1 Å². The molecule has 0 heterocycles. The third kappa shape index (κ3) is 3.66. The summed E-state index contributed by atoms with van der Waals surface area (Å²) in [5.74, 6) is -0.429. The number of aldehydes is 1. The maximum absolute atomic E-state index is 12.9. The molecule has 5 heteroatoms. The van der Waals surface area contributed by atoms with Crippen LogP contribution in [0.3, 0.4) is 0 Å². The number of benzene rings is 3. The van der Waals surface area contributed by atoms with Gasteiger partial charge in [-0.1, -0.05) is 30.3 Å². The van der Waals surface area contributed by atoms with Crippen molar-refractivity contribution in [3.05, 3.63) is 72.0 Å². The van der Waals surface area contributed by atoms with Crippen molar-refractivity contribution in [2.75, 3.05) is 5.32 Å². The lowest BCUT2D eigenvalue weighted by molar-refractivity contribution is -0.122. The summed E-state index contributed by atoms with van der Waals surface area (Å²) in [6.45, 7) is 1.59. The van der Waals surface area contributed by atoms with Crippen molar-refractivity contribution >= 4 is 28.7 Å². The lowest BCUT2D eigenvalue weighted by Gasteiger charge is -2.17. The average Bonchev–Trinajstić information content (AvgIpc) is 2.63. The van der Waals surface area contributed by atoms with Gasteiger partial charge in [0.2, 0.25) is 0 Å². The molecule has 0 spiro atoms. The highest BCUT2D eigenvalue weighted by Crippen LogP contribution is 2.27. The van der Waals surface area contributed by atoms with E-state index in [1.54, 1.807) is 13.0 Å². The molecule has 1 amide bonds. The van der Waals surface area contributed by atoms with Crippen LogP contribution >= 0.6 is 0 Å². The lowest BCUT2D eigenvalue weighted by Crippen LogP contribution is -2.30. The maximum Gasteiger partial charge on any atom is 0.265 e. The van der Waals surface area contributed by atoms with Gasteiger partial charge in [0.1, 0.15) is 11.6 Å². The number of carbonyl (C=O) groups excluding carboxylic acids is 2. The third-order valence-electron chi connectivity index (χ3n) is 3.83. The van der Waals surface area contributed by atoms with E-state index < -0.39 is 12.0 Å². The van der Waals surface area contributed by atoms with Crippen LogP contribution in [0.1, 0.15) is 17.3 Å². The second kappa shape index (κ2) is 7.13. The predicted molar refractivity (Wildman–Crippen MR) is 94.5 cm³/mol. The maximum atomic E-state index is 12.9. The van der Waals surface area contributed by atoms with E-state index in [9.17, 15) is 14.0 Å². The van der Waals surface area contributed by atoms with Crippen molar-refractivity contribution < 1.29 is 18.7 Å². The summed E-state index contributed by atoms with van der Waals surface area (Å²) in [6, 6.07) is 16.4. The first-order valence-corrected chi connectivity index (χ1v) is 7.78. The van der Waals surface area contributed by atoms with Gasteiger partial charge in [-0.05, 0) is 48.0 Å². The van der Waals surface area contributed by atoms with Crippen LogP contribution in [0, 0.1) is 5.82 Å². The highest BCUT2D eigenvalue weighted by Gasteiger charge is 2.17. The van der Waals surface area contributed by atoms with Gasteiger partial charge in [0.05, 0.1) is 5.56 Å². The number of nitrogens with one attached hydrogen (secondary N) is 1. The predicted octanol–water partition coefficient (Wildman–Crippen LogP) is 4.20. The number of hydrogen-bond acceptors (Lipinski definition) is 3. The summed E-state index contributed by atoms with van der Waals surface area (Å²) in [4.78, 5) is 23.7. The monoisotopic (exact) mass is 337 g/mol. The standard InChI is InChI=1S/C20H16FNO3/c1-13(20(24)22-16-9-7-15(21)8-10-16)25-19-11-6-14-4-2-3-5-17(14)18(19)12-23/h2-13H,1H3,(H,22,24)/t13-/m1/s1. The Labute approximate surface area is 144 Å². The number of hydrogen-bond donors (Lipinski definition) is 1. The zero-order valence-electron chi connectivity index (χ0n) is 13.5. The Hall–Kier alpha value is -3.21. The first-order chi connectivity index (χ1) is 12.1. The Kier molecular flexibility index (Phi) is 4.75. The van der Waals surface area contributed by atoms with Gasteiger partial charge in [0.25, 0.3) is 5.91 Å². The first-order valence-electron chi connectivity index (χ1n) is 7.78. The molecule has 0 aliphatic rings. The zero-order valence-corrected chi connectivity index (χ0v) is 13.5. The molecule has 126 valence electrons. The number of anilines is 1. The minimum absolute atomic E-state index is 0.343. The Morgan fingerprint density at radius 3 is 2.52 bits per heavy atom. The van der Waals surface area contributed by atoms with Crippen LogP contribution in [0.15, 0.2) is 60.7 Å². The van der Waals surface area contributed by atoms with Crippen LogP contribution in [0.2, 0.25) is 0 Å². The van der Waals surface area contributed by atoms with Crippen LogP contribution in [-0.4, -0.2) is 18.3 Å². The normalized spacial score (nSPS) is 11.8. The van der Waals surface area contributed by atoms with Gasteiger partial charge in [-0.3, -0.25) is 9.59 Å². The molecule has 0 unspecified atom stereocenters. The molecule has 0 aromatic heterocycles. The molecule has 25 heavy (non-hydrogen) atoms. The molecule has 0 saturated carbocycles. The van der Waals surface area contributed by atoms with Crippen LogP contribution in [0.25, 0.3) is 10.8 Å². The minimum atomic E-state index is -0.829. The Morgan fingerprint density at radius 1 is 1.08 bits per heavy atom. The topological polar surface area (TPSA) is 55.4 Å². The van der Waals surface area contributed by atoms with E-state index in [4.69, 9.17) is 4.74 Å². The van der Waals surface area contributed by atoms with Gasteiger partial charge in [-0.25, -0.2) is 4.39 Å². The lowest BCUT2D eigenvalue weighted by atomic mass is 10.0. The van der Waals surface area contributed by atoms with E-state index in [0.29, 0.717) is 17.0 Å². The quantitative estimate of drug-likeness (QED) is 0.710. The highest BCUT2D eigenvalue weighted by molar-refractivity contribution is 6.01. The number of halogens is 1. The van der Waals surface area contributed by atoms with Gasteiger partial charge < -0.3 is 10.1 Å². The van der Waals surface area contributed by atoms with Crippen molar-refractivity contribution in [2.24, 2.45) is 0 Å². The van der Waals surface area contributed by atoms with Crippen LogP contribution in [0.4, 0.5) is 10.1 Å². The average molecular weight is 337 g/mol. The molecule has 3 aromatic carbocycles. The van der Waals surface area contributed by atoms with Crippen molar-refractivity contribution in [3.63, 3.8) is 0 Å². The van der Waals surface area contributed by atoms with E-state index in [2.05, 4.69) is 5.32 Å². The first kappa shape index (κ1) is 16.6. The fraction of sp³-hybridized carbons (Fsp3) is 0.100. The summed E-state index contributed by atoms with van der Waals surface area (Å²) in [5, 5.41) is 4.33. The summed E-state index contributed by atoms with van der Waals surface area (Å²) in [6.07, 6.45) is -0.104. The van der Waals surface area contributed by atoms with E-state index in [0.717, 1.165) is 17.1 Å². The number of amides is 1. The van der Waals surface area contributed by atoms with Crippen molar-refractivity contribution in [1.82, 2.24) is 0 Å². The molecule has 0 aliphatic heterocycles. The second-order valence-electron chi connectivity index (χ2n) is 5.57. The molecule has 1 N–H and O–H groups in total. The molecule has 1 atom stereocenters. The SMILES string of the molecule is C[C@@H](Oc1ccc2ccccc2c1C=O)C(=O)Nc1ccc(F)cc1. The molecule has 0 aliphatic carbocycles. The van der Waals surface area contributed by atoms with Crippen molar-refractivity contribution in [3.8, 4) is 5.75 Å². The molecule has 0 bridgehead atoms. The molecule has 0 radical (unpaired) electrons. The summed E-state index contributed by atoms with van der Waals surface area (Å²) >= 11 is 0. The van der Waals surface area contributed by atoms with Gasteiger partial charge in [-0.2, -0.15) is 0 Å². The fourth-order valence-electron chi connectivity index (χ4n) is 2.52. The summed E-state index contributed by atoms with van der Waals surface area (Å²) < 4.78 is 18.6. The van der Waals surface area contributed by atoms with E-state index in [-0.39, 0.29) is 5.82 Å². The summed E-state index contributed by atoms with van der Waals surface area (Å²) in [5.41, 5.74) is 0.871. The molecule has 3 rings (SSSR count). The zero-order chi connectivity index (χ0) is 17.8. The Morgan fingerprint density at radius 2 is 1.80 bits per heavy atom. The fourth-order valence-corrected chi connectivity index (χ4v) is 2.52. The third-order valence-corrected chi connectivity index (χ3v) is 3.83. The molecule has 0 saturated heterocycles. The van der Waals surface area contributed by atoms with Gasteiger partial charge in [0, 0.05) is 5.69 Å². The van der Waals surface area contributed by atoms with E-state index in [1.807, 2.05) is 30.3 Å². The van der Waals surface area contributed by atoms with Gasteiger partial charge >= 0.3 is 0 Å². The number of fused-ring (bicyclic) bond motifs is 1. The molecule has 0 fully saturated rings. The smallest absolute Gasteiger partial charge is 0.265 e. The number of ether oxygens (including phenoxy) is 1. The van der Waals surface area contributed by atoms with Gasteiger partial charge in [0.15, 0.2) is 12.4 Å². The largest absolute Gasteiger partial charge is 0.480 e. The van der Waals surface area contributed by atoms with Crippen molar-refractivity contribution in [1.29, 1.82) is 0 Å². The second-order valence-corrected chi connectivity index (χ2v) is 5.57. The Balaban J connectivity index is 1.79. The van der Waals surface area contributed by atoms with Crippen molar-refractivity contribution in [2.45, 2.75) is 13.0 Å². The van der Waals surface area contributed by atoms with Crippen LogP contribution in [0.5, 0.6) is 5.75 Å². The van der Waals surface area contributed by atoms with Crippen LogP contribution in [-0.2, 0) is 4.79 Å².